The molecule has 1 heterocycles. The summed E-state index contributed by atoms with van der Waals surface area (Å²) in [5, 5.41) is 4.00. The summed E-state index contributed by atoms with van der Waals surface area (Å²) in [5.41, 5.74) is 1.52. The van der Waals surface area contributed by atoms with Crippen molar-refractivity contribution < 1.29 is 9.13 Å². The van der Waals surface area contributed by atoms with Crippen molar-refractivity contribution in [2.75, 3.05) is 0 Å². The summed E-state index contributed by atoms with van der Waals surface area (Å²) in [4.78, 5) is 4.12. The Morgan fingerprint density at radius 3 is 2.90 bits per heavy atom. The van der Waals surface area contributed by atoms with Crippen molar-refractivity contribution in [1.29, 1.82) is 0 Å². The van der Waals surface area contributed by atoms with E-state index in [2.05, 4.69) is 10.3 Å². The number of nitrogens with one attached hydrogen (secondary N) is 1. The SMILES string of the molecule is Cc1ccc(Oc2cc(CNC3CC3)c(Cl)cn2)cc1F. The first-order chi connectivity index (χ1) is 10.1. The van der Waals surface area contributed by atoms with Crippen LogP contribution in [-0.2, 0) is 6.54 Å². The smallest absolute Gasteiger partial charge is 0.219 e. The molecule has 1 fully saturated rings. The second-order valence-electron chi connectivity index (χ2n) is 5.28. The molecule has 1 aliphatic carbocycles. The minimum Gasteiger partial charge on any atom is -0.439 e. The number of ether oxygens (including phenoxy) is 1. The lowest BCUT2D eigenvalue weighted by Gasteiger charge is -2.09. The Morgan fingerprint density at radius 2 is 2.19 bits per heavy atom. The minimum absolute atomic E-state index is 0.294. The molecule has 1 N–H and O–H groups in total. The maximum Gasteiger partial charge on any atom is 0.219 e. The number of benzene rings is 1. The zero-order chi connectivity index (χ0) is 14.8. The highest BCUT2D eigenvalue weighted by Gasteiger charge is 2.20. The maximum atomic E-state index is 13.5. The van der Waals surface area contributed by atoms with E-state index in [0.717, 1.165) is 5.56 Å². The van der Waals surface area contributed by atoms with Crippen LogP contribution in [-0.4, -0.2) is 11.0 Å². The van der Waals surface area contributed by atoms with Crippen molar-refractivity contribution >= 4 is 11.6 Å². The van der Waals surface area contributed by atoms with E-state index in [1.54, 1.807) is 31.3 Å². The Labute approximate surface area is 128 Å². The molecule has 1 aromatic carbocycles. The molecular formula is C16H16ClFN2O. The van der Waals surface area contributed by atoms with E-state index in [1.807, 2.05) is 0 Å². The Balaban J connectivity index is 1.74. The van der Waals surface area contributed by atoms with Gasteiger partial charge in [-0.15, -0.1) is 0 Å². The van der Waals surface area contributed by atoms with Crippen molar-refractivity contribution in [2.24, 2.45) is 0 Å². The van der Waals surface area contributed by atoms with Gasteiger partial charge >= 0.3 is 0 Å². The fourth-order valence-corrected chi connectivity index (χ4v) is 2.12. The average Bonchev–Trinajstić information content (AvgIpc) is 3.28. The summed E-state index contributed by atoms with van der Waals surface area (Å²) < 4.78 is 19.1. The van der Waals surface area contributed by atoms with Crippen molar-refractivity contribution in [3.05, 3.63) is 52.4 Å². The second-order valence-corrected chi connectivity index (χ2v) is 5.69. The van der Waals surface area contributed by atoms with Gasteiger partial charge in [0.25, 0.3) is 0 Å². The lowest BCUT2D eigenvalue weighted by atomic mass is 10.2. The minimum atomic E-state index is -0.294. The first-order valence-corrected chi connectivity index (χ1v) is 7.31. The number of rotatable bonds is 5. The second kappa shape index (κ2) is 6.00. The van der Waals surface area contributed by atoms with Gasteiger partial charge in [0.15, 0.2) is 0 Å². The summed E-state index contributed by atoms with van der Waals surface area (Å²) in [6, 6.07) is 7.14. The molecule has 110 valence electrons. The monoisotopic (exact) mass is 306 g/mol. The Kier molecular flexibility index (Phi) is 4.08. The molecule has 1 saturated carbocycles. The summed E-state index contributed by atoms with van der Waals surface area (Å²) >= 11 is 6.13. The number of hydrogen-bond acceptors (Lipinski definition) is 3. The van der Waals surface area contributed by atoms with Crippen molar-refractivity contribution in [2.45, 2.75) is 32.4 Å². The van der Waals surface area contributed by atoms with Crippen LogP contribution in [0.25, 0.3) is 0 Å². The van der Waals surface area contributed by atoms with Crippen LogP contribution in [0.4, 0.5) is 4.39 Å². The molecule has 0 unspecified atom stereocenters. The Bertz CT molecular complexity index is 659. The zero-order valence-electron chi connectivity index (χ0n) is 11.7. The zero-order valence-corrected chi connectivity index (χ0v) is 12.5. The third kappa shape index (κ3) is 3.71. The quantitative estimate of drug-likeness (QED) is 0.897. The van der Waals surface area contributed by atoms with Gasteiger partial charge in [-0.3, -0.25) is 0 Å². The van der Waals surface area contributed by atoms with Gasteiger partial charge in [0, 0.05) is 30.9 Å². The van der Waals surface area contributed by atoms with Gasteiger partial charge in [0.2, 0.25) is 5.88 Å². The van der Waals surface area contributed by atoms with Gasteiger partial charge in [0.1, 0.15) is 11.6 Å². The Hall–Kier alpha value is -1.65. The highest BCUT2D eigenvalue weighted by Crippen LogP contribution is 2.26. The standard InChI is InChI=1S/C16H16ClFN2O/c1-10-2-5-13(7-15(10)18)21-16-6-11(14(17)9-20-16)8-19-12-3-4-12/h2,5-7,9,12,19H,3-4,8H2,1H3. The fourth-order valence-electron chi connectivity index (χ4n) is 1.95. The molecule has 1 aliphatic rings. The topological polar surface area (TPSA) is 34.1 Å². The van der Waals surface area contributed by atoms with Crippen molar-refractivity contribution in [3.63, 3.8) is 0 Å². The predicted molar refractivity (Wildman–Crippen MR) is 80.3 cm³/mol. The molecule has 3 rings (SSSR count). The molecular weight excluding hydrogens is 291 g/mol. The van der Waals surface area contributed by atoms with Gasteiger partial charge in [-0.1, -0.05) is 17.7 Å². The third-order valence-corrected chi connectivity index (χ3v) is 3.77. The largest absolute Gasteiger partial charge is 0.439 e. The van der Waals surface area contributed by atoms with Gasteiger partial charge in [-0.2, -0.15) is 0 Å². The lowest BCUT2D eigenvalue weighted by molar-refractivity contribution is 0.456. The molecule has 21 heavy (non-hydrogen) atoms. The molecule has 0 saturated heterocycles. The van der Waals surface area contributed by atoms with E-state index < -0.39 is 0 Å². The van der Waals surface area contributed by atoms with Crippen LogP contribution < -0.4 is 10.1 Å². The van der Waals surface area contributed by atoms with E-state index in [1.165, 1.54) is 18.9 Å². The highest BCUT2D eigenvalue weighted by molar-refractivity contribution is 6.31. The van der Waals surface area contributed by atoms with Crippen molar-refractivity contribution in [3.8, 4) is 11.6 Å². The van der Waals surface area contributed by atoms with Crippen LogP contribution in [0.2, 0.25) is 5.02 Å². The number of hydrogen-bond donors (Lipinski definition) is 1. The molecule has 3 nitrogen and oxygen atoms in total. The van der Waals surface area contributed by atoms with E-state index >= 15 is 0 Å². The lowest BCUT2D eigenvalue weighted by Crippen LogP contribution is -2.15. The molecule has 0 spiro atoms. The maximum absolute atomic E-state index is 13.5. The average molecular weight is 307 g/mol. The number of nitrogens with zero attached hydrogens (tertiary/aromatic N) is 1. The summed E-state index contributed by atoms with van der Waals surface area (Å²) in [6.07, 6.45) is 3.99. The van der Waals surface area contributed by atoms with E-state index in [-0.39, 0.29) is 5.82 Å². The van der Waals surface area contributed by atoms with E-state index in [9.17, 15) is 4.39 Å². The fraction of sp³-hybridized carbons (Fsp3) is 0.312. The number of pyridine rings is 1. The van der Waals surface area contributed by atoms with Gasteiger partial charge in [-0.05, 0) is 37.0 Å². The normalized spacial score (nSPS) is 14.2. The number of halogens is 2. The molecule has 0 bridgehead atoms. The molecule has 2 aromatic rings. The van der Waals surface area contributed by atoms with Gasteiger partial charge in [0.05, 0.1) is 5.02 Å². The van der Waals surface area contributed by atoms with Gasteiger partial charge in [-0.25, -0.2) is 9.37 Å². The molecule has 1 aromatic heterocycles. The highest BCUT2D eigenvalue weighted by atomic mass is 35.5. The molecule has 0 amide bonds. The van der Waals surface area contributed by atoms with Crippen LogP contribution >= 0.6 is 11.6 Å². The number of aromatic nitrogens is 1. The van der Waals surface area contributed by atoms with Crippen LogP contribution in [0.15, 0.2) is 30.5 Å². The summed E-state index contributed by atoms with van der Waals surface area (Å²) in [5.74, 6) is 0.543. The van der Waals surface area contributed by atoms with Crippen LogP contribution in [0.5, 0.6) is 11.6 Å². The Morgan fingerprint density at radius 1 is 1.38 bits per heavy atom. The first kappa shape index (κ1) is 14.3. The molecule has 5 heteroatoms. The molecule has 0 aliphatic heterocycles. The first-order valence-electron chi connectivity index (χ1n) is 6.93. The molecule has 0 radical (unpaired) electrons. The van der Waals surface area contributed by atoms with Crippen LogP contribution in [0, 0.1) is 12.7 Å². The molecule has 0 atom stereocenters. The van der Waals surface area contributed by atoms with Crippen molar-refractivity contribution in [1.82, 2.24) is 10.3 Å². The summed E-state index contributed by atoms with van der Waals surface area (Å²) in [7, 11) is 0. The van der Waals surface area contributed by atoms with Crippen LogP contribution in [0.3, 0.4) is 0 Å². The van der Waals surface area contributed by atoms with Crippen LogP contribution in [0.1, 0.15) is 24.0 Å². The predicted octanol–water partition coefficient (Wildman–Crippen LogP) is 4.23. The number of aryl methyl sites for hydroxylation is 1. The van der Waals surface area contributed by atoms with Gasteiger partial charge < -0.3 is 10.1 Å². The van der Waals surface area contributed by atoms with E-state index in [0.29, 0.717) is 34.8 Å². The summed E-state index contributed by atoms with van der Waals surface area (Å²) in [6.45, 7) is 2.39. The third-order valence-electron chi connectivity index (χ3n) is 3.43. The van der Waals surface area contributed by atoms with E-state index in [4.69, 9.17) is 16.3 Å².